The fourth-order valence-corrected chi connectivity index (χ4v) is 5.68. The van der Waals surface area contributed by atoms with Crippen molar-refractivity contribution in [1.82, 2.24) is 4.90 Å². The Bertz CT molecular complexity index is 1470. The number of aryl methyl sites for hydroxylation is 1. The highest BCUT2D eigenvalue weighted by molar-refractivity contribution is 6.25. The first-order valence-corrected chi connectivity index (χ1v) is 12.3. The van der Waals surface area contributed by atoms with Gasteiger partial charge in [-0.15, -0.1) is 0 Å². The summed E-state index contributed by atoms with van der Waals surface area (Å²) in [5, 5.41) is 0. The minimum Gasteiger partial charge on any atom is -0.359 e. The van der Waals surface area contributed by atoms with Crippen molar-refractivity contribution in [3.63, 3.8) is 0 Å². The molecule has 2 saturated heterocycles. The van der Waals surface area contributed by atoms with Crippen molar-refractivity contribution in [1.29, 1.82) is 0 Å². The van der Waals surface area contributed by atoms with Crippen LogP contribution in [-0.2, 0) is 9.59 Å². The van der Waals surface area contributed by atoms with Gasteiger partial charge in [-0.25, -0.2) is 4.90 Å². The molecule has 2 fully saturated rings. The summed E-state index contributed by atoms with van der Waals surface area (Å²) in [6.07, 6.45) is 5.11. The molecule has 3 aromatic carbocycles. The van der Waals surface area contributed by atoms with E-state index in [1.165, 1.54) is 4.90 Å². The number of amides is 2. The molecule has 3 aliphatic heterocycles. The van der Waals surface area contributed by atoms with Gasteiger partial charge in [0.2, 0.25) is 11.8 Å². The van der Waals surface area contributed by atoms with E-state index in [0.29, 0.717) is 22.4 Å². The van der Waals surface area contributed by atoms with Crippen molar-refractivity contribution in [3.05, 3.63) is 126 Å². The second kappa shape index (κ2) is 8.82. The molecule has 3 aliphatic rings. The Morgan fingerprint density at radius 3 is 1.97 bits per heavy atom. The molecule has 3 aromatic rings. The van der Waals surface area contributed by atoms with E-state index in [2.05, 4.69) is 0 Å². The van der Waals surface area contributed by atoms with Crippen LogP contribution in [-0.4, -0.2) is 40.4 Å². The second-order valence-electron chi connectivity index (χ2n) is 9.64. The van der Waals surface area contributed by atoms with Crippen molar-refractivity contribution < 1.29 is 19.2 Å². The van der Waals surface area contributed by atoms with Crippen LogP contribution in [0.25, 0.3) is 0 Å². The largest absolute Gasteiger partial charge is 0.359 e. The number of allylic oxidation sites excluding steroid dienone is 2. The molecular formula is C31H24N2O4. The van der Waals surface area contributed by atoms with Gasteiger partial charge in [0.15, 0.2) is 11.6 Å². The average molecular weight is 489 g/mol. The third kappa shape index (κ3) is 3.64. The number of benzene rings is 3. The van der Waals surface area contributed by atoms with Gasteiger partial charge >= 0.3 is 0 Å². The maximum atomic E-state index is 13.8. The molecule has 182 valence electrons. The molecule has 2 amide bonds. The maximum Gasteiger partial charge on any atom is 0.240 e. The minimum atomic E-state index is -0.862. The SMILES string of the molecule is Cc1ccc(N2C(=O)[C@@H]3[C@H](C2=O)[C@H]2C=C(C(=O)c4ccccc4)C=CN2[C@@H]3C(=O)c2ccccc2)cc1. The van der Waals surface area contributed by atoms with E-state index in [9.17, 15) is 19.2 Å². The Balaban J connectivity index is 1.43. The van der Waals surface area contributed by atoms with E-state index < -0.39 is 23.9 Å². The normalized spacial score (nSPS) is 24.1. The first-order chi connectivity index (χ1) is 18.0. The van der Waals surface area contributed by atoms with Gasteiger partial charge in [0.05, 0.1) is 23.6 Å². The van der Waals surface area contributed by atoms with Crippen LogP contribution in [0.5, 0.6) is 0 Å². The molecule has 6 rings (SSSR count). The minimum absolute atomic E-state index is 0.168. The Kier molecular flexibility index (Phi) is 5.45. The van der Waals surface area contributed by atoms with Crippen molar-refractivity contribution >= 4 is 29.1 Å². The van der Waals surface area contributed by atoms with Crippen molar-refractivity contribution in [2.24, 2.45) is 11.8 Å². The molecule has 0 spiro atoms. The van der Waals surface area contributed by atoms with Gasteiger partial charge in [0.25, 0.3) is 0 Å². The second-order valence-corrected chi connectivity index (χ2v) is 9.64. The number of nitrogens with zero attached hydrogens (tertiary/aromatic N) is 2. The number of carbonyl (C=O) groups excluding carboxylic acids is 4. The zero-order chi connectivity index (χ0) is 25.7. The summed E-state index contributed by atoms with van der Waals surface area (Å²) >= 11 is 0. The summed E-state index contributed by atoms with van der Waals surface area (Å²) in [6.45, 7) is 1.93. The Morgan fingerprint density at radius 2 is 1.32 bits per heavy atom. The van der Waals surface area contributed by atoms with E-state index in [1.54, 1.807) is 83.9 Å². The number of fused-ring (bicyclic) bond motifs is 3. The molecule has 0 bridgehead atoms. The third-order valence-electron chi connectivity index (χ3n) is 7.47. The van der Waals surface area contributed by atoms with Crippen LogP contribution in [0.2, 0.25) is 0 Å². The summed E-state index contributed by atoms with van der Waals surface area (Å²) in [5.41, 5.74) is 2.95. The Labute approximate surface area is 214 Å². The van der Waals surface area contributed by atoms with E-state index in [1.807, 2.05) is 31.2 Å². The summed E-state index contributed by atoms with van der Waals surface area (Å²) in [7, 11) is 0. The van der Waals surface area contributed by atoms with Crippen LogP contribution in [0.1, 0.15) is 26.3 Å². The monoisotopic (exact) mass is 488 g/mol. The molecule has 6 nitrogen and oxygen atoms in total. The smallest absolute Gasteiger partial charge is 0.240 e. The van der Waals surface area contributed by atoms with E-state index in [-0.39, 0.29) is 23.4 Å². The first kappa shape index (κ1) is 22.9. The lowest BCUT2D eigenvalue weighted by Crippen LogP contribution is -2.46. The van der Waals surface area contributed by atoms with Crippen LogP contribution in [0.15, 0.2) is 109 Å². The number of hydrogen-bond donors (Lipinski definition) is 0. The summed E-state index contributed by atoms with van der Waals surface area (Å²) in [4.78, 5) is 57.6. The van der Waals surface area contributed by atoms with Crippen molar-refractivity contribution in [2.75, 3.05) is 4.90 Å². The van der Waals surface area contributed by atoms with Gasteiger partial charge in [-0.2, -0.15) is 0 Å². The van der Waals surface area contributed by atoms with E-state index in [4.69, 9.17) is 0 Å². The van der Waals surface area contributed by atoms with Crippen LogP contribution in [0.4, 0.5) is 5.69 Å². The van der Waals surface area contributed by atoms with Crippen LogP contribution < -0.4 is 4.90 Å². The van der Waals surface area contributed by atoms with Crippen LogP contribution in [0, 0.1) is 18.8 Å². The molecular weight excluding hydrogens is 464 g/mol. The zero-order valence-corrected chi connectivity index (χ0v) is 20.2. The molecule has 37 heavy (non-hydrogen) atoms. The molecule has 0 N–H and O–H groups in total. The van der Waals surface area contributed by atoms with Gasteiger partial charge in [0.1, 0.15) is 6.04 Å². The van der Waals surface area contributed by atoms with Crippen molar-refractivity contribution in [2.45, 2.75) is 19.0 Å². The number of Topliss-reactive ketones (excluding diaryl/α,β-unsaturated/α-hetero) is 2. The van der Waals surface area contributed by atoms with Gasteiger partial charge < -0.3 is 4.90 Å². The lowest BCUT2D eigenvalue weighted by Gasteiger charge is -2.32. The molecule has 4 atom stereocenters. The Morgan fingerprint density at radius 1 is 0.730 bits per heavy atom. The standard InChI is InChI=1S/C31H24N2O4/c1-19-12-14-23(15-13-19)33-30(36)25-24-18-22(28(34)20-8-4-2-5-9-20)16-17-32(24)27(26(25)31(33)37)29(35)21-10-6-3-7-11-21/h2-18,24-27H,1H3/t24-,25-,26-,27+/m1/s1. The molecule has 0 saturated carbocycles. The van der Waals surface area contributed by atoms with Crippen LogP contribution >= 0.6 is 0 Å². The lowest BCUT2D eigenvalue weighted by atomic mass is 9.85. The first-order valence-electron chi connectivity index (χ1n) is 12.3. The summed E-state index contributed by atoms with van der Waals surface area (Å²) in [5.74, 6) is -2.77. The fourth-order valence-electron chi connectivity index (χ4n) is 5.68. The molecule has 0 aliphatic carbocycles. The third-order valence-corrected chi connectivity index (χ3v) is 7.47. The number of imide groups is 1. The number of anilines is 1. The topological polar surface area (TPSA) is 74.8 Å². The highest BCUT2D eigenvalue weighted by Crippen LogP contribution is 2.47. The van der Waals surface area contributed by atoms with Crippen LogP contribution in [0.3, 0.4) is 0 Å². The number of carbonyl (C=O) groups is 4. The van der Waals surface area contributed by atoms with Gasteiger partial charge in [-0.3, -0.25) is 19.2 Å². The fraction of sp³-hybridized carbons (Fsp3) is 0.161. The molecule has 0 unspecified atom stereocenters. The number of hydrogen-bond acceptors (Lipinski definition) is 5. The highest BCUT2D eigenvalue weighted by Gasteiger charge is 2.63. The van der Waals surface area contributed by atoms with Crippen molar-refractivity contribution in [3.8, 4) is 0 Å². The average Bonchev–Trinajstić information content (AvgIpc) is 3.41. The van der Waals surface area contributed by atoms with Gasteiger partial charge in [-0.1, -0.05) is 84.4 Å². The molecule has 6 heteroatoms. The van der Waals surface area contributed by atoms with Gasteiger partial charge in [0, 0.05) is 22.9 Å². The summed E-state index contributed by atoms with van der Waals surface area (Å²) in [6, 6.07) is 23.5. The predicted molar refractivity (Wildman–Crippen MR) is 139 cm³/mol. The zero-order valence-electron chi connectivity index (χ0n) is 20.2. The maximum absolute atomic E-state index is 13.8. The quantitative estimate of drug-likeness (QED) is 0.394. The highest BCUT2D eigenvalue weighted by atomic mass is 16.2. The summed E-state index contributed by atoms with van der Waals surface area (Å²) < 4.78 is 0. The van der Waals surface area contributed by atoms with E-state index >= 15 is 0 Å². The molecule has 0 aromatic heterocycles. The van der Waals surface area contributed by atoms with E-state index in [0.717, 1.165) is 5.56 Å². The number of rotatable bonds is 5. The number of ketones is 2. The molecule has 3 heterocycles. The lowest BCUT2D eigenvalue weighted by molar-refractivity contribution is -0.123. The Hall–Kier alpha value is -4.58. The molecule has 0 radical (unpaired) electrons. The van der Waals surface area contributed by atoms with Gasteiger partial charge in [-0.05, 0) is 25.1 Å². The predicted octanol–water partition coefficient (Wildman–Crippen LogP) is 4.37.